The molecule has 0 radical (unpaired) electrons. The number of aryl methyl sites for hydroxylation is 1. The van der Waals surface area contributed by atoms with E-state index in [0.29, 0.717) is 12.6 Å². The maximum atomic E-state index is 5.45. The fourth-order valence-electron chi connectivity index (χ4n) is 2.66. The average Bonchev–Trinajstić information content (AvgIpc) is 2.58. The molecule has 0 saturated carbocycles. The van der Waals surface area contributed by atoms with Gasteiger partial charge in [-0.3, -0.25) is 0 Å². The number of hydrogen-bond donors (Lipinski definition) is 2. The van der Waals surface area contributed by atoms with Crippen molar-refractivity contribution in [3.8, 4) is 0 Å². The highest BCUT2D eigenvalue weighted by Crippen LogP contribution is 2.21. The van der Waals surface area contributed by atoms with Crippen molar-refractivity contribution < 1.29 is 0 Å². The first kappa shape index (κ1) is 15.7. The predicted molar refractivity (Wildman–Crippen MR) is 90.1 cm³/mol. The largest absolute Gasteiger partial charge is 0.326 e. The van der Waals surface area contributed by atoms with E-state index in [1.54, 1.807) is 0 Å². The summed E-state index contributed by atoms with van der Waals surface area (Å²) in [5.74, 6) is 0. The molecule has 3 rings (SSSR count). The maximum absolute atomic E-state index is 5.45. The minimum Gasteiger partial charge on any atom is -0.326 e. The van der Waals surface area contributed by atoms with Crippen LogP contribution in [0.15, 0.2) is 54.6 Å². The van der Waals surface area contributed by atoms with Gasteiger partial charge in [-0.25, -0.2) is 0 Å². The first-order valence-electron chi connectivity index (χ1n) is 7.84. The van der Waals surface area contributed by atoms with Crippen LogP contribution in [0.4, 0.5) is 0 Å². The Morgan fingerprint density at radius 1 is 1.00 bits per heavy atom. The van der Waals surface area contributed by atoms with Crippen LogP contribution in [0.5, 0.6) is 0 Å². The van der Waals surface area contributed by atoms with Crippen LogP contribution in [0, 0.1) is 6.92 Å². The molecule has 1 atom stereocenters. The van der Waals surface area contributed by atoms with E-state index in [-0.39, 0.29) is 0 Å². The van der Waals surface area contributed by atoms with Crippen molar-refractivity contribution in [2.75, 3.05) is 6.54 Å². The smallest absolute Gasteiger partial charge is 0.0320 e. The third kappa shape index (κ3) is 5.00. The van der Waals surface area contributed by atoms with Crippen molar-refractivity contribution in [1.82, 2.24) is 5.32 Å². The molecular formula is C19H26N2. The van der Waals surface area contributed by atoms with Gasteiger partial charge in [-0.05, 0) is 43.0 Å². The molecule has 0 spiro atoms. The Bertz CT molecular complexity index is 516. The third-order valence-corrected chi connectivity index (χ3v) is 3.99. The van der Waals surface area contributed by atoms with Gasteiger partial charge in [0.2, 0.25) is 0 Å². The summed E-state index contributed by atoms with van der Waals surface area (Å²) in [5.41, 5.74) is 9.40. The number of piperidine rings is 1. The van der Waals surface area contributed by atoms with Crippen molar-refractivity contribution >= 4 is 0 Å². The zero-order valence-electron chi connectivity index (χ0n) is 12.9. The van der Waals surface area contributed by atoms with Crippen molar-refractivity contribution in [3.63, 3.8) is 0 Å². The molecule has 0 bridgehead atoms. The molecule has 1 fully saturated rings. The molecule has 0 aromatic heterocycles. The Hall–Kier alpha value is -1.64. The van der Waals surface area contributed by atoms with Crippen molar-refractivity contribution in [1.29, 1.82) is 0 Å². The zero-order valence-corrected chi connectivity index (χ0v) is 12.9. The molecule has 0 amide bonds. The molecule has 2 aromatic carbocycles. The first-order valence-corrected chi connectivity index (χ1v) is 7.84. The topological polar surface area (TPSA) is 38.0 Å². The lowest BCUT2D eigenvalue weighted by Crippen LogP contribution is -2.26. The van der Waals surface area contributed by atoms with Gasteiger partial charge in [0, 0.05) is 12.6 Å². The van der Waals surface area contributed by atoms with E-state index in [9.17, 15) is 0 Å². The zero-order chi connectivity index (χ0) is 14.9. The minimum absolute atomic E-state index is 0.611. The van der Waals surface area contributed by atoms with Gasteiger partial charge in [0.15, 0.2) is 0 Å². The molecule has 1 heterocycles. The first-order chi connectivity index (χ1) is 10.3. The summed E-state index contributed by atoms with van der Waals surface area (Å²) < 4.78 is 0. The molecule has 0 unspecified atom stereocenters. The molecule has 1 aliphatic heterocycles. The van der Waals surface area contributed by atoms with Crippen LogP contribution < -0.4 is 11.1 Å². The summed E-state index contributed by atoms with van der Waals surface area (Å²) in [6.07, 6.45) is 4.00. The van der Waals surface area contributed by atoms with Gasteiger partial charge < -0.3 is 11.1 Å². The Kier molecular flexibility index (Phi) is 6.45. The van der Waals surface area contributed by atoms with Gasteiger partial charge in [-0.15, -0.1) is 0 Å². The van der Waals surface area contributed by atoms with E-state index in [1.807, 2.05) is 12.1 Å². The summed E-state index contributed by atoms with van der Waals surface area (Å²) in [6.45, 7) is 3.90. The summed E-state index contributed by atoms with van der Waals surface area (Å²) in [6, 6.07) is 19.5. The third-order valence-electron chi connectivity index (χ3n) is 3.99. The minimum atomic E-state index is 0.611. The molecule has 21 heavy (non-hydrogen) atoms. The van der Waals surface area contributed by atoms with Crippen LogP contribution >= 0.6 is 0 Å². The highest BCUT2D eigenvalue weighted by molar-refractivity contribution is 5.24. The molecule has 2 heteroatoms. The summed E-state index contributed by atoms with van der Waals surface area (Å²) in [5, 5.41) is 3.54. The van der Waals surface area contributed by atoms with Gasteiger partial charge >= 0.3 is 0 Å². The Labute approximate surface area is 128 Å². The molecule has 2 aromatic rings. The standard InChI is InChI=1S/C11H15N.C8H11N/c1-2-6-10(7-3-1)11-8-4-5-9-12-11;1-7-4-2-3-5-8(7)6-9/h1-3,6-7,11-12H,4-5,8-9H2;2-5H,6,9H2,1H3/t11-;/m1./s1. The van der Waals surface area contributed by atoms with Gasteiger partial charge in [0.05, 0.1) is 0 Å². The Morgan fingerprint density at radius 2 is 1.71 bits per heavy atom. The van der Waals surface area contributed by atoms with Crippen molar-refractivity contribution in [2.24, 2.45) is 5.73 Å². The monoisotopic (exact) mass is 282 g/mol. The number of rotatable bonds is 2. The van der Waals surface area contributed by atoms with Gasteiger partial charge in [0.1, 0.15) is 0 Å². The second kappa shape index (κ2) is 8.60. The maximum Gasteiger partial charge on any atom is 0.0320 e. The van der Waals surface area contributed by atoms with E-state index in [0.717, 1.165) is 0 Å². The predicted octanol–water partition coefficient (Wildman–Crippen LogP) is 3.95. The fourth-order valence-corrected chi connectivity index (χ4v) is 2.66. The highest BCUT2D eigenvalue weighted by Gasteiger charge is 2.13. The Balaban J connectivity index is 0.000000161. The van der Waals surface area contributed by atoms with Crippen LogP contribution in [0.3, 0.4) is 0 Å². The van der Waals surface area contributed by atoms with Crippen LogP contribution in [-0.4, -0.2) is 6.54 Å². The number of nitrogens with two attached hydrogens (primary N) is 1. The SMILES string of the molecule is Cc1ccccc1CN.c1ccc([C@H]2CCCCN2)cc1. The molecule has 2 nitrogen and oxygen atoms in total. The Morgan fingerprint density at radius 3 is 2.29 bits per heavy atom. The van der Waals surface area contributed by atoms with Crippen LogP contribution in [-0.2, 0) is 6.54 Å². The molecule has 112 valence electrons. The number of benzene rings is 2. The molecule has 1 aliphatic rings. The van der Waals surface area contributed by atoms with Gasteiger partial charge in [-0.2, -0.15) is 0 Å². The summed E-state index contributed by atoms with van der Waals surface area (Å²) in [4.78, 5) is 0. The lowest BCUT2D eigenvalue weighted by molar-refractivity contribution is 0.412. The molecule has 1 saturated heterocycles. The van der Waals surface area contributed by atoms with Crippen molar-refractivity contribution in [3.05, 3.63) is 71.3 Å². The van der Waals surface area contributed by atoms with E-state index >= 15 is 0 Å². The molecular weight excluding hydrogens is 256 g/mol. The van der Waals surface area contributed by atoms with E-state index in [4.69, 9.17) is 5.73 Å². The van der Waals surface area contributed by atoms with E-state index in [2.05, 4.69) is 54.7 Å². The number of nitrogens with one attached hydrogen (secondary N) is 1. The lowest BCUT2D eigenvalue weighted by Gasteiger charge is -2.23. The highest BCUT2D eigenvalue weighted by atomic mass is 14.9. The second-order valence-corrected chi connectivity index (χ2v) is 5.54. The van der Waals surface area contributed by atoms with Crippen LogP contribution in [0.1, 0.15) is 42.0 Å². The molecule has 0 aliphatic carbocycles. The normalized spacial score (nSPS) is 17.7. The quantitative estimate of drug-likeness (QED) is 0.875. The van der Waals surface area contributed by atoms with Crippen LogP contribution in [0.2, 0.25) is 0 Å². The van der Waals surface area contributed by atoms with Gasteiger partial charge in [-0.1, -0.05) is 61.0 Å². The van der Waals surface area contributed by atoms with E-state index < -0.39 is 0 Å². The van der Waals surface area contributed by atoms with Crippen LogP contribution in [0.25, 0.3) is 0 Å². The summed E-state index contributed by atoms with van der Waals surface area (Å²) >= 11 is 0. The van der Waals surface area contributed by atoms with Crippen molar-refractivity contribution in [2.45, 2.75) is 38.8 Å². The second-order valence-electron chi connectivity index (χ2n) is 5.54. The van der Waals surface area contributed by atoms with E-state index in [1.165, 1.54) is 42.5 Å². The van der Waals surface area contributed by atoms with Gasteiger partial charge in [0.25, 0.3) is 0 Å². The average molecular weight is 282 g/mol. The number of hydrogen-bond acceptors (Lipinski definition) is 2. The summed E-state index contributed by atoms with van der Waals surface area (Å²) in [7, 11) is 0. The molecule has 3 N–H and O–H groups in total. The fraction of sp³-hybridized carbons (Fsp3) is 0.368. The lowest BCUT2D eigenvalue weighted by atomic mass is 9.98.